The van der Waals surface area contributed by atoms with Crippen molar-refractivity contribution in [2.45, 2.75) is 6.92 Å². The van der Waals surface area contributed by atoms with Crippen LogP contribution in [0.1, 0.15) is 17.3 Å². The van der Waals surface area contributed by atoms with E-state index in [2.05, 4.69) is 0 Å². The summed E-state index contributed by atoms with van der Waals surface area (Å²) < 4.78 is 15.6. The van der Waals surface area contributed by atoms with E-state index < -0.39 is 0 Å². The average Bonchev–Trinajstić information content (AvgIpc) is 2.29. The fourth-order valence-electron chi connectivity index (χ4n) is 1.25. The summed E-state index contributed by atoms with van der Waals surface area (Å²) in [5.41, 5.74) is 0.493. The first kappa shape index (κ1) is 11.4. The molecule has 0 bridgehead atoms. The lowest BCUT2D eigenvalue weighted by Crippen LogP contribution is -1.99. The largest absolute Gasteiger partial charge is 0.493 e. The molecule has 0 aliphatic rings. The molecule has 0 spiro atoms. The lowest BCUT2D eigenvalue weighted by atomic mass is 10.2. The average molecular weight is 210 g/mol. The number of rotatable bonds is 5. The minimum atomic E-state index is 0.493. The number of carbonyl (C=O) groups is 1. The van der Waals surface area contributed by atoms with Crippen molar-refractivity contribution in [2.24, 2.45) is 0 Å². The second kappa shape index (κ2) is 5.24. The molecular formula is C11H14O4. The Labute approximate surface area is 88.8 Å². The highest BCUT2D eigenvalue weighted by molar-refractivity contribution is 5.78. The van der Waals surface area contributed by atoms with E-state index in [-0.39, 0.29) is 0 Å². The molecule has 1 aromatic rings. The first-order valence-corrected chi connectivity index (χ1v) is 4.60. The lowest BCUT2D eigenvalue weighted by molar-refractivity contribution is 0.112. The van der Waals surface area contributed by atoms with Crippen LogP contribution in [0, 0.1) is 0 Å². The molecule has 1 rings (SSSR count). The van der Waals surface area contributed by atoms with E-state index in [0.717, 1.165) is 6.29 Å². The minimum absolute atomic E-state index is 0.493. The maximum atomic E-state index is 10.7. The Morgan fingerprint density at radius 2 is 1.73 bits per heavy atom. The molecule has 0 fully saturated rings. The number of hydrogen-bond acceptors (Lipinski definition) is 4. The molecular weight excluding hydrogens is 196 g/mol. The van der Waals surface area contributed by atoms with Crippen molar-refractivity contribution in [2.75, 3.05) is 20.8 Å². The molecule has 82 valence electrons. The molecule has 0 aliphatic carbocycles. The van der Waals surface area contributed by atoms with Crippen LogP contribution in [0.25, 0.3) is 0 Å². The van der Waals surface area contributed by atoms with Gasteiger partial charge in [-0.15, -0.1) is 0 Å². The Hall–Kier alpha value is -1.71. The Morgan fingerprint density at radius 1 is 1.20 bits per heavy atom. The Kier molecular flexibility index (Phi) is 3.97. The zero-order valence-corrected chi connectivity index (χ0v) is 9.07. The van der Waals surface area contributed by atoms with E-state index in [0.29, 0.717) is 29.4 Å². The molecule has 0 aromatic heterocycles. The van der Waals surface area contributed by atoms with Gasteiger partial charge in [-0.1, -0.05) is 0 Å². The molecule has 1 aromatic carbocycles. The van der Waals surface area contributed by atoms with E-state index in [1.165, 1.54) is 14.2 Å². The predicted molar refractivity (Wildman–Crippen MR) is 56.1 cm³/mol. The van der Waals surface area contributed by atoms with Gasteiger partial charge >= 0.3 is 0 Å². The van der Waals surface area contributed by atoms with Gasteiger partial charge in [0.05, 0.1) is 20.8 Å². The number of benzene rings is 1. The maximum absolute atomic E-state index is 10.7. The molecule has 4 nitrogen and oxygen atoms in total. The molecule has 4 heteroatoms. The van der Waals surface area contributed by atoms with Gasteiger partial charge in [0.2, 0.25) is 5.75 Å². The molecule has 0 saturated carbocycles. The van der Waals surface area contributed by atoms with Crippen molar-refractivity contribution in [3.8, 4) is 17.2 Å². The van der Waals surface area contributed by atoms with E-state index in [1.807, 2.05) is 6.92 Å². The normalized spacial score (nSPS) is 9.53. The van der Waals surface area contributed by atoms with E-state index >= 15 is 0 Å². The zero-order chi connectivity index (χ0) is 11.3. The third-order valence-corrected chi connectivity index (χ3v) is 1.91. The zero-order valence-electron chi connectivity index (χ0n) is 9.07. The summed E-state index contributed by atoms with van der Waals surface area (Å²) in [6.07, 6.45) is 0.737. The van der Waals surface area contributed by atoms with Crippen LogP contribution in [-0.4, -0.2) is 27.1 Å². The summed E-state index contributed by atoms with van der Waals surface area (Å²) in [7, 11) is 3.04. The highest BCUT2D eigenvalue weighted by atomic mass is 16.5. The SMILES string of the molecule is CCOc1c(OC)cc(C=O)cc1OC. The van der Waals surface area contributed by atoms with Gasteiger partial charge < -0.3 is 14.2 Å². The fourth-order valence-corrected chi connectivity index (χ4v) is 1.25. The Bertz CT molecular complexity index is 321. The van der Waals surface area contributed by atoms with Gasteiger partial charge in [-0.25, -0.2) is 0 Å². The van der Waals surface area contributed by atoms with Crippen LogP contribution in [0.5, 0.6) is 17.2 Å². The van der Waals surface area contributed by atoms with Crippen molar-refractivity contribution in [1.82, 2.24) is 0 Å². The van der Waals surface area contributed by atoms with Crippen molar-refractivity contribution >= 4 is 6.29 Å². The van der Waals surface area contributed by atoms with Gasteiger partial charge in [0.25, 0.3) is 0 Å². The quantitative estimate of drug-likeness (QED) is 0.696. The van der Waals surface area contributed by atoms with E-state index in [1.54, 1.807) is 12.1 Å². The fraction of sp³-hybridized carbons (Fsp3) is 0.364. The van der Waals surface area contributed by atoms with Gasteiger partial charge in [0, 0.05) is 5.56 Å². The van der Waals surface area contributed by atoms with Crippen molar-refractivity contribution in [3.63, 3.8) is 0 Å². The number of methoxy groups -OCH3 is 2. The van der Waals surface area contributed by atoms with Crippen LogP contribution in [0.4, 0.5) is 0 Å². The summed E-state index contributed by atoms with van der Waals surface area (Å²) in [4.78, 5) is 10.7. The van der Waals surface area contributed by atoms with E-state index in [4.69, 9.17) is 14.2 Å². The van der Waals surface area contributed by atoms with Crippen molar-refractivity contribution in [1.29, 1.82) is 0 Å². The van der Waals surface area contributed by atoms with Crippen LogP contribution >= 0.6 is 0 Å². The summed E-state index contributed by atoms with van der Waals surface area (Å²) in [6.45, 7) is 2.37. The third-order valence-electron chi connectivity index (χ3n) is 1.91. The van der Waals surface area contributed by atoms with Gasteiger partial charge in [0.1, 0.15) is 6.29 Å². The van der Waals surface area contributed by atoms with Gasteiger partial charge in [-0.05, 0) is 19.1 Å². The first-order valence-electron chi connectivity index (χ1n) is 4.60. The minimum Gasteiger partial charge on any atom is -0.493 e. The summed E-state index contributed by atoms with van der Waals surface area (Å²) >= 11 is 0. The highest BCUT2D eigenvalue weighted by Gasteiger charge is 2.13. The second-order valence-corrected chi connectivity index (χ2v) is 2.81. The maximum Gasteiger partial charge on any atom is 0.203 e. The second-order valence-electron chi connectivity index (χ2n) is 2.81. The summed E-state index contributed by atoms with van der Waals surface area (Å²) in [5.74, 6) is 1.52. The van der Waals surface area contributed by atoms with Crippen molar-refractivity contribution in [3.05, 3.63) is 17.7 Å². The smallest absolute Gasteiger partial charge is 0.203 e. The third kappa shape index (κ3) is 2.40. The number of ether oxygens (including phenoxy) is 3. The van der Waals surface area contributed by atoms with Gasteiger partial charge in [-0.3, -0.25) is 4.79 Å². The van der Waals surface area contributed by atoms with Gasteiger partial charge in [0.15, 0.2) is 11.5 Å². The van der Waals surface area contributed by atoms with Crippen LogP contribution in [-0.2, 0) is 0 Å². The van der Waals surface area contributed by atoms with Crippen LogP contribution in [0.15, 0.2) is 12.1 Å². The molecule has 0 heterocycles. The van der Waals surface area contributed by atoms with Crippen LogP contribution < -0.4 is 14.2 Å². The van der Waals surface area contributed by atoms with Crippen molar-refractivity contribution < 1.29 is 19.0 Å². The topological polar surface area (TPSA) is 44.8 Å². The van der Waals surface area contributed by atoms with Gasteiger partial charge in [-0.2, -0.15) is 0 Å². The molecule has 15 heavy (non-hydrogen) atoms. The molecule has 0 aliphatic heterocycles. The summed E-state index contributed by atoms with van der Waals surface area (Å²) in [6, 6.07) is 3.22. The number of hydrogen-bond donors (Lipinski definition) is 0. The summed E-state index contributed by atoms with van der Waals surface area (Å²) in [5, 5.41) is 0. The molecule has 0 amide bonds. The first-order chi connectivity index (χ1) is 7.26. The molecule has 0 unspecified atom stereocenters. The lowest BCUT2D eigenvalue weighted by Gasteiger charge is -2.13. The van der Waals surface area contributed by atoms with Crippen LogP contribution in [0.3, 0.4) is 0 Å². The number of aldehydes is 1. The standard InChI is InChI=1S/C11H14O4/c1-4-15-11-9(13-2)5-8(7-12)6-10(11)14-3/h5-7H,4H2,1-3H3. The Balaban J connectivity index is 3.25. The van der Waals surface area contributed by atoms with Crippen LogP contribution in [0.2, 0.25) is 0 Å². The Morgan fingerprint density at radius 3 is 2.07 bits per heavy atom. The highest BCUT2D eigenvalue weighted by Crippen LogP contribution is 2.38. The molecule has 0 saturated heterocycles. The predicted octanol–water partition coefficient (Wildman–Crippen LogP) is 1.91. The monoisotopic (exact) mass is 210 g/mol. The molecule has 0 atom stereocenters. The number of carbonyl (C=O) groups excluding carboxylic acids is 1. The molecule has 0 N–H and O–H groups in total. The van der Waals surface area contributed by atoms with E-state index in [9.17, 15) is 4.79 Å². The molecule has 0 radical (unpaired) electrons.